The minimum atomic E-state index is -0.485. The minimum Gasteiger partial charge on any atom is -0.449 e. The molecule has 0 fully saturated rings. The van der Waals surface area contributed by atoms with E-state index in [1.54, 1.807) is 6.92 Å². The van der Waals surface area contributed by atoms with Gasteiger partial charge >= 0.3 is 5.97 Å². The molecule has 0 spiro atoms. The fraction of sp³-hybridized carbons (Fsp3) is 0.526. The summed E-state index contributed by atoms with van der Waals surface area (Å²) in [5.41, 5.74) is 0.692. The molecule has 1 unspecified atom stereocenters. The fourth-order valence-electron chi connectivity index (χ4n) is 1.61. The average Bonchev–Trinajstić information content (AvgIpc) is 2.46. The van der Waals surface area contributed by atoms with E-state index in [4.69, 9.17) is 9.47 Å². The average molecular weight is 302 g/mol. The van der Waals surface area contributed by atoms with Crippen molar-refractivity contribution in [3.63, 3.8) is 0 Å². The number of hydrogen-bond acceptors (Lipinski definition) is 3. The predicted molar refractivity (Wildman–Crippen MR) is 88.1 cm³/mol. The number of carbonyl (C=O) groups excluding carboxylic acids is 1. The third-order valence-electron chi connectivity index (χ3n) is 2.90. The van der Waals surface area contributed by atoms with Crippen LogP contribution in [0, 0.1) is 17.3 Å². The topological polar surface area (TPSA) is 35.5 Å². The number of benzene rings is 1. The van der Waals surface area contributed by atoms with Gasteiger partial charge in [0.15, 0.2) is 6.10 Å². The molecule has 120 valence electrons. The molecule has 3 nitrogen and oxygen atoms in total. The minimum absolute atomic E-state index is 0.222. The summed E-state index contributed by atoms with van der Waals surface area (Å²) in [5, 5.41) is 0. The van der Waals surface area contributed by atoms with E-state index in [0.29, 0.717) is 13.2 Å². The molecule has 0 saturated carbocycles. The Bertz CT molecular complexity index is 503. The molecule has 0 aromatic heterocycles. The summed E-state index contributed by atoms with van der Waals surface area (Å²) >= 11 is 0. The van der Waals surface area contributed by atoms with E-state index in [0.717, 1.165) is 12.8 Å². The fourth-order valence-corrected chi connectivity index (χ4v) is 1.61. The first kappa shape index (κ1) is 18.3. The molecule has 0 aliphatic heterocycles. The third-order valence-corrected chi connectivity index (χ3v) is 2.90. The van der Waals surface area contributed by atoms with Crippen molar-refractivity contribution in [2.24, 2.45) is 5.41 Å². The molecule has 1 aromatic carbocycles. The van der Waals surface area contributed by atoms with Crippen molar-refractivity contribution in [1.82, 2.24) is 0 Å². The van der Waals surface area contributed by atoms with Gasteiger partial charge in [-0.2, -0.15) is 0 Å². The van der Waals surface area contributed by atoms with Crippen LogP contribution in [0.3, 0.4) is 0 Å². The van der Waals surface area contributed by atoms with Crippen LogP contribution in [0.2, 0.25) is 0 Å². The molecule has 0 heterocycles. The zero-order valence-corrected chi connectivity index (χ0v) is 14.0. The van der Waals surface area contributed by atoms with Gasteiger partial charge in [0.05, 0.1) is 12.0 Å². The summed E-state index contributed by atoms with van der Waals surface area (Å²) in [4.78, 5) is 11.7. The Balaban J connectivity index is 2.13. The number of unbranched alkanes of at least 4 members (excludes halogenated alkanes) is 1. The van der Waals surface area contributed by atoms with Crippen molar-refractivity contribution in [2.45, 2.75) is 53.2 Å². The highest BCUT2D eigenvalue weighted by molar-refractivity contribution is 5.75. The first-order valence-corrected chi connectivity index (χ1v) is 7.71. The van der Waals surface area contributed by atoms with Crippen LogP contribution in [-0.4, -0.2) is 18.7 Å². The summed E-state index contributed by atoms with van der Waals surface area (Å²) in [7, 11) is 0. The van der Waals surface area contributed by atoms with Crippen LogP contribution < -0.4 is 0 Å². The highest BCUT2D eigenvalue weighted by Gasteiger charge is 2.24. The van der Waals surface area contributed by atoms with E-state index >= 15 is 0 Å². The molecule has 0 bridgehead atoms. The Kier molecular flexibility index (Phi) is 7.70. The van der Waals surface area contributed by atoms with Gasteiger partial charge in [-0.05, 0) is 39.7 Å². The first-order chi connectivity index (χ1) is 10.4. The lowest BCUT2D eigenvalue weighted by Crippen LogP contribution is -2.26. The maximum absolute atomic E-state index is 11.7. The van der Waals surface area contributed by atoms with Gasteiger partial charge in [-0.15, -0.1) is 0 Å². The highest BCUT2D eigenvalue weighted by atomic mass is 16.5. The molecular weight excluding hydrogens is 276 g/mol. The molecule has 0 radical (unpaired) electrons. The van der Waals surface area contributed by atoms with E-state index < -0.39 is 5.41 Å². The molecular formula is C19H26O3. The maximum Gasteiger partial charge on any atom is 0.312 e. The number of esters is 1. The molecule has 0 N–H and O–H groups in total. The van der Waals surface area contributed by atoms with Crippen molar-refractivity contribution in [1.29, 1.82) is 0 Å². The van der Waals surface area contributed by atoms with Gasteiger partial charge in [0, 0.05) is 13.0 Å². The van der Waals surface area contributed by atoms with Gasteiger partial charge < -0.3 is 9.47 Å². The SMILES string of the molecule is CC(C#CCCCOCc1ccccc1)OC(=O)C(C)(C)C. The second-order valence-corrected chi connectivity index (χ2v) is 6.26. The summed E-state index contributed by atoms with van der Waals surface area (Å²) in [6, 6.07) is 10.1. The van der Waals surface area contributed by atoms with E-state index in [1.807, 2.05) is 51.1 Å². The normalized spacial score (nSPS) is 12.2. The van der Waals surface area contributed by atoms with Crippen LogP contribution in [-0.2, 0) is 20.9 Å². The Morgan fingerprint density at radius 1 is 1.23 bits per heavy atom. The second kappa shape index (κ2) is 9.27. The number of ether oxygens (including phenoxy) is 2. The van der Waals surface area contributed by atoms with Gasteiger partial charge in [0.2, 0.25) is 0 Å². The molecule has 0 aliphatic carbocycles. The summed E-state index contributed by atoms with van der Waals surface area (Å²) in [6.45, 7) is 8.61. The predicted octanol–water partition coefficient (Wildman–Crippen LogP) is 3.96. The molecule has 0 aliphatic rings. The lowest BCUT2D eigenvalue weighted by molar-refractivity contribution is -0.155. The second-order valence-electron chi connectivity index (χ2n) is 6.26. The van der Waals surface area contributed by atoms with E-state index in [-0.39, 0.29) is 12.1 Å². The highest BCUT2D eigenvalue weighted by Crippen LogP contribution is 2.16. The van der Waals surface area contributed by atoms with E-state index in [9.17, 15) is 4.79 Å². The Hall–Kier alpha value is -1.79. The van der Waals surface area contributed by atoms with Crippen molar-refractivity contribution in [3.8, 4) is 11.8 Å². The van der Waals surface area contributed by atoms with Crippen LogP contribution in [0.25, 0.3) is 0 Å². The van der Waals surface area contributed by atoms with Gasteiger partial charge in [-0.25, -0.2) is 0 Å². The molecule has 3 heteroatoms. The Labute approximate surface area is 134 Å². The molecule has 1 rings (SSSR count). The number of hydrogen-bond donors (Lipinski definition) is 0. The maximum atomic E-state index is 11.7. The lowest BCUT2D eigenvalue weighted by atomic mass is 9.97. The smallest absolute Gasteiger partial charge is 0.312 e. The molecule has 0 saturated heterocycles. The quantitative estimate of drug-likeness (QED) is 0.453. The number of rotatable bonds is 6. The largest absolute Gasteiger partial charge is 0.449 e. The zero-order chi connectivity index (χ0) is 16.4. The van der Waals surface area contributed by atoms with Gasteiger partial charge in [-0.3, -0.25) is 4.79 Å². The summed E-state index contributed by atoms with van der Waals surface area (Å²) in [5.74, 6) is 5.76. The van der Waals surface area contributed by atoms with Crippen molar-refractivity contribution >= 4 is 5.97 Å². The standard InChI is InChI=1S/C19H26O3/c1-16(22-18(20)19(2,3)4)11-7-6-10-14-21-15-17-12-8-5-9-13-17/h5,8-9,12-13,16H,6,10,14-15H2,1-4H3. The van der Waals surface area contributed by atoms with Crippen molar-refractivity contribution in [2.75, 3.05) is 6.61 Å². The Morgan fingerprint density at radius 3 is 2.55 bits per heavy atom. The summed E-state index contributed by atoms with van der Waals surface area (Å²) < 4.78 is 10.8. The van der Waals surface area contributed by atoms with Crippen LogP contribution in [0.15, 0.2) is 30.3 Å². The van der Waals surface area contributed by atoms with Crippen molar-refractivity contribution in [3.05, 3.63) is 35.9 Å². The van der Waals surface area contributed by atoms with Gasteiger partial charge in [-0.1, -0.05) is 42.2 Å². The molecule has 1 aromatic rings. The first-order valence-electron chi connectivity index (χ1n) is 7.71. The van der Waals surface area contributed by atoms with Crippen molar-refractivity contribution < 1.29 is 14.3 Å². The van der Waals surface area contributed by atoms with Crippen LogP contribution >= 0.6 is 0 Å². The lowest BCUT2D eigenvalue weighted by Gasteiger charge is -2.18. The Morgan fingerprint density at radius 2 is 1.91 bits per heavy atom. The van der Waals surface area contributed by atoms with Crippen LogP contribution in [0.4, 0.5) is 0 Å². The molecule has 0 amide bonds. The third kappa shape index (κ3) is 7.85. The van der Waals surface area contributed by atoms with E-state index in [1.165, 1.54) is 5.56 Å². The van der Waals surface area contributed by atoms with E-state index in [2.05, 4.69) is 11.8 Å². The van der Waals surface area contributed by atoms with Gasteiger partial charge in [0.1, 0.15) is 0 Å². The molecule has 1 atom stereocenters. The monoisotopic (exact) mass is 302 g/mol. The molecule has 22 heavy (non-hydrogen) atoms. The number of carbonyl (C=O) groups is 1. The van der Waals surface area contributed by atoms with Gasteiger partial charge in [0.25, 0.3) is 0 Å². The zero-order valence-electron chi connectivity index (χ0n) is 14.0. The summed E-state index contributed by atoms with van der Waals surface area (Å²) in [6.07, 6.45) is 1.25. The van der Waals surface area contributed by atoms with Crippen LogP contribution in [0.1, 0.15) is 46.1 Å². The van der Waals surface area contributed by atoms with Crippen LogP contribution in [0.5, 0.6) is 0 Å².